The van der Waals surface area contributed by atoms with Gasteiger partial charge in [-0.3, -0.25) is 0 Å². The molecule has 0 fully saturated rings. The highest BCUT2D eigenvalue weighted by molar-refractivity contribution is 4.94. The largest absolute Gasteiger partial charge is 0.446 e. The molecule has 0 aromatic carbocycles. The van der Waals surface area contributed by atoms with Gasteiger partial charge >= 0.3 is 0 Å². The topological polar surface area (TPSA) is 26.0 Å². The van der Waals surface area contributed by atoms with Crippen molar-refractivity contribution in [3.8, 4) is 0 Å². The number of aromatic nitrogens is 1. The lowest BCUT2D eigenvalue weighted by Gasteiger charge is -1.91. The molecule has 0 aliphatic heterocycles. The first-order valence-electron chi connectivity index (χ1n) is 4.80. The van der Waals surface area contributed by atoms with E-state index < -0.39 is 0 Å². The lowest BCUT2D eigenvalue weighted by molar-refractivity contribution is 0.446. The average molecular weight is 167 g/mol. The Balaban J connectivity index is 2.41. The second-order valence-corrected chi connectivity index (χ2v) is 3.07. The van der Waals surface area contributed by atoms with E-state index in [0.29, 0.717) is 0 Å². The molecule has 0 N–H and O–H groups in total. The number of nitrogens with zero attached hydrogens (tertiary/aromatic N) is 1. The van der Waals surface area contributed by atoms with Gasteiger partial charge in [0.25, 0.3) is 0 Å². The van der Waals surface area contributed by atoms with Gasteiger partial charge in [0.05, 0.1) is 6.20 Å². The van der Waals surface area contributed by atoms with Crippen LogP contribution in [0.25, 0.3) is 0 Å². The van der Waals surface area contributed by atoms with Gasteiger partial charge in [-0.25, -0.2) is 4.98 Å². The molecule has 0 bridgehead atoms. The number of hydrogen-bond donors (Lipinski definition) is 0. The third-order valence-electron chi connectivity index (χ3n) is 1.84. The number of hydrogen-bond acceptors (Lipinski definition) is 2. The van der Waals surface area contributed by atoms with E-state index in [1.165, 1.54) is 12.8 Å². The van der Waals surface area contributed by atoms with Gasteiger partial charge in [0.1, 0.15) is 5.76 Å². The first-order chi connectivity index (χ1) is 5.86. The lowest BCUT2D eigenvalue weighted by atomic mass is 10.2. The molecule has 1 aromatic heterocycles. The summed E-state index contributed by atoms with van der Waals surface area (Å²) in [6.45, 7) is 4.32. The van der Waals surface area contributed by atoms with Crippen LogP contribution in [0.4, 0.5) is 0 Å². The number of unbranched alkanes of at least 4 members (excludes halogenated alkanes) is 1. The molecule has 2 heteroatoms. The van der Waals surface area contributed by atoms with E-state index in [1.54, 1.807) is 0 Å². The van der Waals surface area contributed by atoms with Crippen LogP contribution in [0.5, 0.6) is 0 Å². The standard InChI is InChI=1S/C10H17NO/c1-3-5-7-10-11-8-9(12-10)6-4-2/h8H,3-7H2,1-2H3. The summed E-state index contributed by atoms with van der Waals surface area (Å²) in [6, 6.07) is 0. The SMILES string of the molecule is CCCCc1ncc(CCC)o1. The van der Waals surface area contributed by atoms with Crippen LogP contribution in [0.1, 0.15) is 44.8 Å². The van der Waals surface area contributed by atoms with Crippen molar-refractivity contribution in [3.63, 3.8) is 0 Å². The second-order valence-electron chi connectivity index (χ2n) is 3.07. The van der Waals surface area contributed by atoms with Gasteiger partial charge in [-0.15, -0.1) is 0 Å². The summed E-state index contributed by atoms with van der Waals surface area (Å²) in [7, 11) is 0. The molecular weight excluding hydrogens is 150 g/mol. The summed E-state index contributed by atoms with van der Waals surface area (Å²) in [5.41, 5.74) is 0. The highest BCUT2D eigenvalue weighted by Gasteiger charge is 2.01. The van der Waals surface area contributed by atoms with Crippen LogP contribution >= 0.6 is 0 Å². The number of rotatable bonds is 5. The van der Waals surface area contributed by atoms with E-state index in [0.717, 1.165) is 30.9 Å². The van der Waals surface area contributed by atoms with Crippen molar-refractivity contribution in [3.05, 3.63) is 17.8 Å². The Hall–Kier alpha value is -0.790. The molecule has 12 heavy (non-hydrogen) atoms. The van der Waals surface area contributed by atoms with Crippen molar-refractivity contribution in [2.75, 3.05) is 0 Å². The van der Waals surface area contributed by atoms with Crippen LogP contribution in [0.2, 0.25) is 0 Å². The van der Waals surface area contributed by atoms with E-state index >= 15 is 0 Å². The molecule has 1 aromatic rings. The van der Waals surface area contributed by atoms with Gasteiger partial charge < -0.3 is 4.42 Å². The van der Waals surface area contributed by atoms with Gasteiger partial charge in [-0.05, 0) is 12.8 Å². The molecule has 1 rings (SSSR count). The van der Waals surface area contributed by atoms with Gasteiger partial charge in [-0.1, -0.05) is 20.3 Å². The van der Waals surface area contributed by atoms with Crippen molar-refractivity contribution in [2.24, 2.45) is 0 Å². The number of oxazole rings is 1. The van der Waals surface area contributed by atoms with E-state index in [1.807, 2.05) is 6.20 Å². The predicted molar refractivity (Wildman–Crippen MR) is 49.1 cm³/mol. The highest BCUT2D eigenvalue weighted by Crippen LogP contribution is 2.08. The van der Waals surface area contributed by atoms with E-state index in [2.05, 4.69) is 18.8 Å². The molecule has 0 unspecified atom stereocenters. The van der Waals surface area contributed by atoms with Crippen molar-refractivity contribution in [2.45, 2.75) is 46.0 Å². The highest BCUT2D eigenvalue weighted by atomic mass is 16.4. The van der Waals surface area contributed by atoms with Crippen LogP contribution in [-0.2, 0) is 12.8 Å². The zero-order valence-corrected chi connectivity index (χ0v) is 7.97. The summed E-state index contributed by atoms with van der Waals surface area (Å²) in [5, 5.41) is 0. The first-order valence-corrected chi connectivity index (χ1v) is 4.80. The quantitative estimate of drug-likeness (QED) is 0.673. The zero-order chi connectivity index (χ0) is 8.81. The Kier molecular flexibility index (Phi) is 3.85. The van der Waals surface area contributed by atoms with E-state index in [9.17, 15) is 0 Å². The van der Waals surface area contributed by atoms with Gasteiger partial charge in [0, 0.05) is 12.8 Å². The maximum atomic E-state index is 5.52. The fraction of sp³-hybridized carbons (Fsp3) is 0.700. The predicted octanol–water partition coefficient (Wildman–Crippen LogP) is 2.97. The zero-order valence-electron chi connectivity index (χ0n) is 7.97. The van der Waals surface area contributed by atoms with Gasteiger partial charge in [-0.2, -0.15) is 0 Å². The normalized spacial score (nSPS) is 10.5. The van der Waals surface area contributed by atoms with Crippen LogP contribution < -0.4 is 0 Å². The molecule has 1 heterocycles. The Morgan fingerprint density at radius 1 is 1.25 bits per heavy atom. The molecule has 2 nitrogen and oxygen atoms in total. The van der Waals surface area contributed by atoms with Crippen molar-refractivity contribution in [1.82, 2.24) is 4.98 Å². The second kappa shape index (κ2) is 4.96. The first kappa shape index (κ1) is 9.30. The molecule has 68 valence electrons. The van der Waals surface area contributed by atoms with Crippen molar-refractivity contribution < 1.29 is 4.42 Å². The molecule has 0 aliphatic rings. The lowest BCUT2D eigenvalue weighted by Crippen LogP contribution is -1.82. The third kappa shape index (κ3) is 2.68. The molecule has 0 saturated carbocycles. The summed E-state index contributed by atoms with van der Waals surface area (Å²) in [4.78, 5) is 4.21. The van der Waals surface area contributed by atoms with Crippen LogP contribution in [0.3, 0.4) is 0 Å². The van der Waals surface area contributed by atoms with E-state index in [4.69, 9.17) is 4.42 Å². The molecule has 0 aliphatic carbocycles. The Morgan fingerprint density at radius 2 is 2.08 bits per heavy atom. The fourth-order valence-corrected chi connectivity index (χ4v) is 1.15. The average Bonchev–Trinajstić information content (AvgIpc) is 2.50. The summed E-state index contributed by atoms with van der Waals surface area (Å²) >= 11 is 0. The molecule has 0 amide bonds. The fourth-order valence-electron chi connectivity index (χ4n) is 1.15. The smallest absolute Gasteiger partial charge is 0.194 e. The van der Waals surface area contributed by atoms with Crippen LogP contribution in [0, 0.1) is 0 Å². The Bertz CT molecular complexity index is 217. The molecule has 0 radical (unpaired) electrons. The third-order valence-corrected chi connectivity index (χ3v) is 1.84. The van der Waals surface area contributed by atoms with Crippen molar-refractivity contribution in [1.29, 1.82) is 0 Å². The van der Waals surface area contributed by atoms with Gasteiger partial charge in [0.2, 0.25) is 0 Å². The van der Waals surface area contributed by atoms with Gasteiger partial charge in [0.15, 0.2) is 5.89 Å². The summed E-state index contributed by atoms with van der Waals surface area (Å²) < 4.78 is 5.52. The Labute approximate surface area is 74.0 Å². The van der Waals surface area contributed by atoms with Crippen LogP contribution in [0.15, 0.2) is 10.6 Å². The maximum absolute atomic E-state index is 5.52. The van der Waals surface area contributed by atoms with Crippen molar-refractivity contribution >= 4 is 0 Å². The van der Waals surface area contributed by atoms with E-state index in [-0.39, 0.29) is 0 Å². The molecule has 0 atom stereocenters. The molecule has 0 saturated heterocycles. The van der Waals surface area contributed by atoms with Crippen LogP contribution in [-0.4, -0.2) is 4.98 Å². The monoisotopic (exact) mass is 167 g/mol. The number of aryl methyl sites for hydroxylation is 2. The Morgan fingerprint density at radius 3 is 2.75 bits per heavy atom. The minimum absolute atomic E-state index is 0.903. The maximum Gasteiger partial charge on any atom is 0.194 e. The summed E-state index contributed by atoms with van der Waals surface area (Å²) in [5.74, 6) is 1.93. The minimum atomic E-state index is 0.903. The molecule has 0 spiro atoms. The summed E-state index contributed by atoms with van der Waals surface area (Å²) in [6.07, 6.45) is 7.35. The molecular formula is C10H17NO. The minimum Gasteiger partial charge on any atom is -0.446 e.